The predicted octanol–water partition coefficient (Wildman–Crippen LogP) is 6.27. The van der Waals surface area contributed by atoms with Gasteiger partial charge in [0.05, 0.1) is 37.1 Å². The molecule has 35 heavy (non-hydrogen) atoms. The van der Waals surface area contributed by atoms with E-state index in [1.165, 1.54) is 13.0 Å². The molecule has 0 aromatic heterocycles. The molecule has 0 bridgehead atoms. The molecule has 1 unspecified atom stereocenters. The smallest absolute Gasteiger partial charge is 0.258 e. The summed E-state index contributed by atoms with van der Waals surface area (Å²) in [7, 11) is 0. The fourth-order valence-electron chi connectivity index (χ4n) is 3.03. The summed E-state index contributed by atoms with van der Waals surface area (Å²) in [5, 5.41) is 11.4. The molecule has 0 fully saturated rings. The third-order valence-electron chi connectivity index (χ3n) is 4.40. The second kappa shape index (κ2) is 13.7. The summed E-state index contributed by atoms with van der Waals surface area (Å²) in [4.78, 5) is 25.3. The van der Waals surface area contributed by atoms with Crippen LogP contribution in [-0.4, -0.2) is 44.2 Å². The number of ether oxygens (including phenoxy) is 4. The molecule has 0 radical (unpaired) electrons. The summed E-state index contributed by atoms with van der Waals surface area (Å²) in [5.74, 6) is -0.00609. The molecule has 2 aromatic rings. The largest absolute Gasteiger partial charge is 0.490 e. The van der Waals surface area contributed by atoms with Gasteiger partial charge in [0.2, 0.25) is 6.04 Å². The van der Waals surface area contributed by atoms with E-state index in [2.05, 4.69) is 15.5 Å². The Labute approximate surface area is 214 Å². The lowest BCUT2D eigenvalue weighted by Gasteiger charge is -2.17. The summed E-state index contributed by atoms with van der Waals surface area (Å²) in [5.41, 5.74) is 0.504. The van der Waals surface area contributed by atoms with Crippen molar-refractivity contribution < 1.29 is 28.5 Å². The molecular weight excluding hydrogens is 497 g/mol. The normalized spacial score (nSPS) is 11.7. The van der Waals surface area contributed by atoms with E-state index in [-0.39, 0.29) is 17.1 Å². The molecule has 11 heteroatoms. The molecule has 1 amide bonds. The van der Waals surface area contributed by atoms with Crippen LogP contribution in [0.5, 0.6) is 23.0 Å². The minimum Gasteiger partial charge on any atom is -0.490 e. The highest BCUT2D eigenvalue weighted by Gasteiger charge is 2.26. The van der Waals surface area contributed by atoms with Crippen molar-refractivity contribution in [1.82, 2.24) is 0 Å². The van der Waals surface area contributed by atoms with Crippen molar-refractivity contribution >= 4 is 46.3 Å². The number of Topliss-reactive ketones (excluding diaryl/α,β-unsaturated/α-hetero) is 1. The maximum atomic E-state index is 13.0. The first kappa shape index (κ1) is 28.2. The van der Waals surface area contributed by atoms with Crippen LogP contribution in [0.1, 0.15) is 34.6 Å². The zero-order valence-corrected chi connectivity index (χ0v) is 21.8. The van der Waals surface area contributed by atoms with Crippen LogP contribution < -0.4 is 24.3 Å². The van der Waals surface area contributed by atoms with Gasteiger partial charge >= 0.3 is 0 Å². The van der Waals surface area contributed by atoms with Crippen LogP contribution in [0.2, 0.25) is 10.0 Å². The van der Waals surface area contributed by atoms with E-state index in [9.17, 15) is 9.59 Å². The summed E-state index contributed by atoms with van der Waals surface area (Å²) in [6, 6.07) is 4.77. The lowest BCUT2D eigenvalue weighted by Crippen LogP contribution is -2.32. The van der Waals surface area contributed by atoms with Crippen LogP contribution in [0.4, 0.5) is 11.4 Å². The molecule has 190 valence electrons. The number of hydrogen-bond donors (Lipinski definition) is 1. The minimum absolute atomic E-state index is 0.245. The van der Waals surface area contributed by atoms with E-state index in [0.29, 0.717) is 53.7 Å². The topological polar surface area (TPSA) is 108 Å². The van der Waals surface area contributed by atoms with Crippen LogP contribution in [0, 0.1) is 0 Å². The van der Waals surface area contributed by atoms with E-state index in [0.717, 1.165) is 0 Å². The Morgan fingerprint density at radius 3 is 2.09 bits per heavy atom. The number of benzene rings is 2. The number of carbonyl (C=O) groups is 2. The van der Waals surface area contributed by atoms with Gasteiger partial charge in [-0.25, -0.2) is 0 Å². The number of hydrogen-bond acceptors (Lipinski definition) is 8. The number of halogens is 2. The average molecular weight is 526 g/mol. The van der Waals surface area contributed by atoms with Gasteiger partial charge < -0.3 is 24.3 Å². The number of rotatable bonds is 13. The summed E-state index contributed by atoms with van der Waals surface area (Å²) in [6.45, 7) is 9.80. The van der Waals surface area contributed by atoms with Gasteiger partial charge in [0.1, 0.15) is 5.69 Å². The molecular formula is C24H29Cl2N3O6. The van der Waals surface area contributed by atoms with Crippen LogP contribution in [-0.2, 0) is 9.59 Å². The average Bonchev–Trinajstić information content (AvgIpc) is 2.80. The van der Waals surface area contributed by atoms with Crippen molar-refractivity contribution in [2.45, 2.75) is 40.7 Å². The number of nitrogens with one attached hydrogen (secondary N) is 1. The molecule has 9 nitrogen and oxygen atoms in total. The molecule has 0 saturated heterocycles. The highest BCUT2D eigenvalue weighted by Crippen LogP contribution is 2.43. The second-order valence-corrected chi connectivity index (χ2v) is 7.80. The van der Waals surface area contributed by atoms with Gasteiger partial charge in [-0.3, -0.25) is 9.59 Å². The maximum absolute atomic E-state index is 13.0. The SMILES string of the molecule is CCOc1cc(Cl)cc(NC(=O)C(N=Nc2ccc(Cl)c(OCC)c2OCC)C(C)=O)c1OCC. The molecule has 1 N–H and O–H groups in total. The van der Waals surface area contributed by atoms with E-state index in [4.69, 9.17) is 42.1 Å². The summed E-state index contributed by atoms with van der Waals surface area (Å²) < 4.78 is 22.5. The number of anilines is 1. The molecule has 1 atom stereocenters. The van der Waals surface area contributed by atoms with Gasteiger partial charge in [-0.15, -0.1) is 0 Å². The molecule has 0 aliphatic rings. The summed E-state index contributed by atoms with van der Waals surface area (Å²) in [6.07, 6.45) is 0. The molecule has 0 spiro atoms. The number of nitrogens with zero attached hydrogens (tertiary/aromatic N) is 2. The van der Waals surface area contributed by atoms with Crippen molar-refractivity contribution in [2.75, 3.05) is 31.7 Å². The Morgan fingerprint density at radius 2 is 1.49 bits per heavy atom. The van der Waals surface area contributed by atoms with Gasteiger partial charge in [-0.1, -0.05) is 23.2 Å². The number of carbonyl (C=O) groups excluding carboxylic acids is 2. The van der Waals surface area contributed by atoms with Crippen LogP contribution in [0.15, 0.2) is 34.5 Å². The van der Waals surface area contributed by atoms with Crippen molar-refractivity contribution in [3.8, 4) is 23.0 Å². The first-order valence-electron chi connectivity index (χ1n) is 11.2. The van der Waals surface area contributed by atoms with Gasteiger partial charge in [-0.05, 0) is 52.8 Å². The Balaban J connectivity index is 2.41. The van der Waals surface area contributed by atoms with Crippen molar-refractivity contribution in [1.29, 1.82) is 0 Å². The van der Waals surface area contributed by atoms with Gasteiger partial charge in [-0.2, -0.15) is 10.2 Å². The highest BCUT2D eigenvalue weighted by molar-refractivity contribution is 6.32. The monoisotopic (exact) mass is 525 g/mol. The molecule has 0 saturated carbocycles. The quantitative estimate of drug-likeness (QED) is 0.244. The fraction of sp³-hybridized carbons (Fsp3) is 0.417. The maximum Gasteiger partial charge on any atom is 0.258 e. The Kier molecular flexibility index (Phi) is 11.1. The van der Waals surface area contributed by atoms with E-state index >= 15 is 0 Å². The zero-order chi connectivity index (χ0) is 26.0. The Hall–Kier alpha value is -3.04. The van der Waals surface area contributed by atoms with Crippen molar-refractivity contribution in [3.05, 3.63) is 34.3 Å². The zero-order valence-electron chi connectivity index (χ0n) is 20.3. The molecule has 0 aliphatic carbocycles. The standard InChI is InChI=1S/C24H29Cl2N3O6/c1-6-32-19-13-15(25)12-18(22(19)34-8-3)27-24(31)20(14(5)30)29-28-17-11-10-16(26)21(33-7-2)23(17)35-9-4/h10-13,20H,6-9H2,1-5H3,(H,27,31). The molecule has 2 rings (SSSR count). The second-order valence-electron chi connectivity index (χ2n) is 6.96. The van der Waals surface area contributed by atoms with Crippen molar-refractivity contribution in [2.24, 2.45) is 10.2 Å². The van der Waals surface area contributed by atoms with Crippen LogP contribution in [0.3, 0.4) is 0 Å². The number of ketones is 1. The molecule has 2 aromatic carbocycles. The lowest BCUT2D eigenvalue weighted by atomic mass is 10.2. The molecule has 0 heterocycles. The third-order valence-corrected chi connectivity index (χ3v) is 4.92. The highest BCUT2D eigenvalue weighted by atomic mass is 35.5. The summed E-state index contributed by atoms with van der Waals surface area (Å²) >= 11 is 12.4. The minimum atomic E-state index is -1.44. The van der Waals surface area contributed by atoms with E-state index in [1.54, 1.807) is 39.0 Å². The predicted molar refractivity (Wildman–Crippen MR) is 135 cm³/mol. The molecule has 0 aliphatic heterocycles. The van der Waals surface area contributed by atoms with Crippen LogP contribution >= 0.6 is 23.2 Å². The van der Waals surface area contributed by atoms with Gasteiger partial charge in [0, 0.05) is 11.1 Å². The number of amides is 1. The van der Waals surface area contributed by atoms with Crippen molar-refractivity contribution in [3.63, 3.8) is 0 Å². The lowest BCUT2D eigenvalue weighted by molar-refractivity contribution is -0.126. The Morgan fingerprint density at radius 1 is 0.886 bits per heavy atom. The Bertz CT molecular complexity index is 1080. The van der Waals surface area contributed by atoms with Gasteiger partial charge in [0.15, 0.2) is 28.8 Å². The fourth-order valence-corrected chi connectivity index (χ4v) is 3.44. The van der Waals surface area contributed by atoms with Gasteiger partial charge in [0.25, 0.3) is 5.91 Å². The first-order valence-corrected chi connectivity index (χ1v) is 11.9. The third kappa shape index (κ3) is 7.47. The van der Waals surface area contributed by atoms with Crippen LogP contribution in [0.25, 0.3) is 0 Å². The number of azo groups is 1. The first-order chi connectivity index (χ1) is 16.8. The van der Waals surface area contributed by atoms with E-state index < -0.39 is 17.7 Å². The van der Waals surface area contributed by atoms with E-state index in [1.807, 2.05) is 6.92 Å².